The average Bonchev–Trinajstić information content (AvgIpc) is 2.05. The Labute approximate surface area is 71.0 Å². The molecule has 0 fully saturated rings. The number of hydrogen-bond acceptors (Lipinski definition) is 4. The van der Waals surface area contributed by atoms with Crippen molar-refractivity contribution in [2.45, 2.75) is 0 Å². The van der Waals surface area contributed by atoms with Gasteiger partial charge in [-0.25, -0.2) is 0 Å². The number of nitrogens with two attached hydrogens (primary N) is 2. The summed E-state index contributed by atoms with van der Waals surface area (Å²) in [7, 11) is 0. The van der Waals surface area contributed by atoms with Gasteiger partial charge in [0.2, 0.25) is 0 Å². The highest BCUT2D eigenvalue weighted by Gasteiger charge is 2.04. The summed E-state index contributed by atoms with van der Waals surface area (Å²) in [4.78, 5) is 3.95. The monoisotopic (exact) mass is 162 g/mol. The van der Waals surface area contributed by atoms with Crippen LogP contribution in [0.3, 0.4) is 0 Å². The average molecular weight is 162 g/mol. The molecular formula is C8H10N4. The molecule has 0 aromatic heterocycles. The van der Waals surface area contributed by atoms with E-state index in [0.717, 1.165) is 0 Å². The number of nitrogens with zero attached hydrogens (tertiary/aromatic N) is 2. The van der Waals surface area contributed by atoms with Gasteiger partial charge in [0.1, 0.15) is 0 Å². The van der Waals surface area contributed by atoms with Gasteiger partial charge in [-0.1, -0.05) is 11.8 Å². The second-order valence-electron chi connectivity index (χ2n) is 2.25. The molecule has 1 aliphatic heterocycles. The molecule has 0 spiro atoms. The lowest BCUT2D eigenvalue weighted by molar-refractivity contribution is 1.03. The molecule has 1 heterocycles. The lowest BCUT2D eigenvalue weighted by Gasteiger charge is -2.04. The zero-order valence-corrected chi connectivity index (χ0v) is 6.57. The predicted molar refractivity (Wildman–Crippen MR) is 49.6 cm³/mol. The summed E-state index contributed by atoms with van der Waals surface area (Å²) >= 11 is 0. The van der Waals surface area contributed by atoms with Gasteiger partial charge in [-0.05, 0) is 6.08 Å². The predicted octanol–water partition coefficient (Wildman–Crippen LogP) is -0.522. The number of rotatable bonds is 1. The van der Waals surface area contributed by atoms with Gasteiger partial charge in [0, 0.05) is 18.1 Å². The van der Waals surface area contributed by atoms with Gasteiger partial charge in [0.15, 0.2) is 0 Å². The molecule has 62 valence electrons. The molecule has 1 atom stereocenters. The molecule has 12 heavy (non-hydrogen) atoms. The Hall–Kier alpha value is -1.76. The molecule has 4 nitrogen and oxygen atoms in total. The van der Waals surface area contributed by atoms with Crippen LogP contribution in [-0.2, 0) is 0 Å². The summed E-state index contributed by atoms with van der Waals surface area (Å²) in [6.07, 6.45) is 4.86. The first-order valence-corrected chi connectivity index (χ1v) is 3.52. The second-order valence-corrected chi connectivity index (χ2v) is 2.25. The SMILES string of the molecule is N/N=C\C1C#CC/N=C\C=C/1N. The second kappa shape index (κ2) is 4.19. The lowest BCUT2D eigenvalue weighted by atomic mass is 10.1. The Morgan fingerprint density at radius 3 is 3.33 bits per heavy atom. The number of hydrazone groups is 1. The van der Waals surface area contributed by atoms with E-state index in [-0.39, 0.29) is 5.92 Å². The van der Waals surface area contributed by atoms with E-state index >= 15 is 0 Å². The first kappa shape index (κ1) is 8.34. The van der Waals surface area contributed by atoms with Crippen LogP contribution in [0.25, 0.3) is 0 Å². The van der Waals surface area contributed by atoms with Gasteiger partial charge in [-0.2, -0.15) is 5.10 Å². The van der Waals surface area contributed by atoms with E-state index in [4.69, 9.17) is 11.6 Å². The van der Waals surface area contributed by atoms with Gasteiger partial charge in [0.25, 0.3) is 0 Å². The van der Waals surface area contributed by atoms with Gasteiger partial charge < -0.3 is 11.6 Å². The van der Waals surface area contributed by atoms with E-state index in [1.807, 2.05) is 0 Å². The van der Waals surface area contributed by atoms with Gasteiger partial charge in [-0.3, -0.25) is 4.99 Å². The minimum Gasteiger partial charge on any atom is -0.401 e. The molecule has 0 bridgehead atoms. The topological polar surface area (TPSA) is 76.8 Å². The van der Waals surface area contributed by atoms with Crippen LogP contribution in [0, 0.1) is 17.8 Å². The number of hydrogen-bond donors (Lipinski definition) is 2. The highest BCUT2D eigenvalue weighted by molar-refractivity contribution is 5.77. The van der Waals surface area contributed by atoms with Crippen LogP contribution >= 0.6 is 0 Å². The van der Waals surface area contributed by atoms with Crippen LogP contribution in [0.15, 0.2) is 21.9 Å². The van der Waals surface area contributed by atoms with Crippen molar-refractivity contribution >= 4 is 12.4 Å². The smallest absolute Gasteiger partial charge is 0.0997 e. The first-order valence-electron chi connectivity index (χ1n) is 3.52. The molecule has 0 aromatic rings. The third-order valence-corrected chi connectivity index (χ3v) is 1.39. The summed E-state index contributed by atoms with van der Waals surface area (Å²) in [5, 5.41) is 3.39. The van der Waals surface area contributed by atoms with Gasteiger partial charge >= 0.3 is 0 Å². The van der Waals surface area contributed by atoms with Crippen LogP contribution in [-0.4, -0.2) is 19.0 Å². The minimum atomic E-state index is -0.179. The maximum atomic E-state index is 5.66. The zero-order valence-electron chi connectivity index (χ0n) is 6.57. The van der Waals surface area contributed by atoms with Crippen molar-refractivity contribution in [2.75, 3.05) is 6.54 Å². The first-order chi connectivity index (χ1) is 5.84. The summed E-state index contributed by atoms with van der Waals surface area (Å²) in [5.41, 5.74) is 6.27. The molecule has 1 unspecified atom stereocenters. The van der Waals surface area contributed by atoms with Gasteiger partial charge in [-0.15, -0.1) is 0 Å². The maximum absolute atomic E-state index is 5.66. The lowest BCUT2D eigenvalue weighted by Crippen LogP contribution is -2.13. The fourth-order valence-corrected chi connectivity index (χ4v) is 0.789. The molecule has 1 aliphatic rings. The maximum Gasteiger partial charge on any atom is 0.0997 e. The van der Waals surface area contributed by atoms with Crippen molar-refractivity contribution in [3.05, 3.63) is 11.8 Å². The Balaban J connectivity index is 2.87. The number of aliphatic imine (C=N–C) groups is 1. The third-order valence-electron chi connectivity index (χ3n) is 1.39. The highest BCUT2D eigenvalue weighted by Crippen LogP contribution is 2.00. The van der Waals surface area contributed by atoms with E-state index in [2.05, 4.69) is 21.9 Å². The standard InChI is InChI=1S/C8H10N4/c9-8-3-5-11-4-1-2-7(8)6-12-10/h3,5-7H,4,9-10H2/b8-3+,11-5-,12-6-. The quantitative estimate of drug-likeness (QED) is 0.235. The molecule has 4 heteroatoms. The van der Waals surface area contributed by atoms with E-state index in [0.29, 0.717) is 12.2 Å². The largest absolute Gasteiger partial charge is 0.401 e. The van der Waals surface area contributed by atoms with Crippen molar-refractivity contribution in [3.63, 3.8) is 0 Å². The molecular weight excluding hydrogens is 152 g/mol. The fourth-order valence-electron chi connectivity index (χ4n) is 0.789. The Morgan fingerprint density at radius 1 is 1.75 bits per heavy atom. The van der Waals surface area contributed by atoms with Crippen LogP contribution < -0.4 is 11.6 Å². The molecule has 0 amide bonds. The van der Waals surface area contributed by atoms with Crippen molar-refractivity contribution < 1.29 is 0 Å². The summed E-state index contributed by atoms with van der Waals surface area (Å²) in [6.45, 7) is 0.499. The molecule has 0 saturated carbocycles. The molecule has 0 aliphatic carbocycles. The normalized spacial score (nSPS) is 29.3. The van der Waals surface area contributed by atoms with Crippen molar-refractivity contribution in [3.8, 4) is 11.8 Å². The molecule has 1 rings (SSSR count). The Bertz CT molecular complexity index is 290. The van der Waals surface area contributed by atoms with Crippen molar-refractivity contribution in [1.29, 1.82) is 0 Å². The summed E-state index contributed by atoms with van der Waals surface area (Å²) < 4.78 is 0. The van der Waals surface area contributed by atoms with E-state index in [9.17, 15) is 0 Å². The highest BCUT2D eigenvalue weighted by atomic mass is 15.1. The van der Waals surface area contributed by atoms with Gasteiger partial charge in [0.05, 0.1) is 12.5 Å². The Morgan fingerprint density at radius 2 is 2.58 bits per heavy atom. The van der Waals surface area contributed by atoms with Crippen LogP contribution in [0.2, 0.25) is 0 Å². The van der Waals surface area contributed by atoms with Crippen molar-refractivity contribution in [2.24, 2.45) is 27.6 Å². The number of allylic oxidation sites excluding steroid dienone is 2. The molecule has 4 N–H and O–H groups in total. The summed E-state index contributed by atoms with van der Waals surface area (Å²) in [5.74, 6) is 10.5. The fraction of sp³-hybridized carbons (Fsp3) is 0.250. The summed E-state index contributed by atoms with van der Waals surface area (Å²) in [6, 6.07) is 0. The molecule has 0 saturated heterocycles. The van der Waals surface area contributed by atoms with Crippen LogP contribution in [0.1, 0.15) is 0 Å². The van der Waals surface area contributed by atoms with E-state index < -0.39 is 0 Å². The molecule has 0 aromatic carbocycles. The third kappa shape index (κ3) is 2.13. The van der Waals surface area contributed by atoms with Crippen LogP contribution in [0.4, 0.5) is 0 Å². The zero-order chi connectivity index (χ0) is 8.81. The molecule has 0 radical (unpaired) electrons. The van der Waals surface area contributed by atoms with Crippen LogP contribution in [0.5, 0.6) is 0 Å². The van der Waals surface area contributed by atoms with E-state index in [1.54, 1.807) is 12.3 Å². The minimum absolute atomic E-state index is 0.179. The Kier molecular flexibility index (Phi) is 2.91. The van der Waals surface area contributed by atoms with E-state index in [1.165, 1.54) is 6.21 Å². The van der Waals surface area contributed by atoms with Crippen molar-refractivity contribution in [1.82, 2.24) is 0 Å².